The predicted octanol–water partition coefficient (Wildman–Crippen LogP) is 1.30. The molecule has 0 bridgehead atoms. The molecule has 0 saturated carbocycles. The largest absolute Gasteiger partial charge is 0.315 e. The average molecular weight is 335 g/mol. The van der Waals surface area contributed by atoms with E-state index in [0.717, 1.165) is 31.7 Å². The van der Waals surface area contributed by atoms with E-state index in [9.17, 15) is 8.42 Å². The normalized spacial score (nSPS) is 13.5. The fourth-order valence-corrected chi connectivity index (χ4v) is 3.92. The third kappa shape index (κ3) is 6.37. The first-order chi connectivity index (χ1) is 10.0. The van der Waals surface area contributed by atoms with Gasteiger partial charge in [0.15, 0.2) is 0 Å². The van der Waals surface area contributed by atoms with Crippen LogP contribution in [-0.4, -0.2) is 49.3 Å². The molecule has 0 aliphatic heterocycles. The molecule has 0 saturated heterocycles. The molecule has 1 heterocycles. The zero-order valence-electron chi connectivity index (χ0n) is 13.0. The van der Waals surface area contributed by atoms with E-state index in [-0.39, 0.29) is 10.9 Å². The Kier molecular flexibility index (Phi) is 8.31. The molecular formula is C13H26N4O2S2. The van der Waals surface area contributed by atoms with Crippen LogP contribution < -0.4 is 10.0 Å². The molecule has 0 aliphatic rings. The van der Waals surface area contributed by atoms with Crippen molar-refractivity contribution in [2.45, 2.75) is 44.2 Å². The first kappa shape index (κ1) is 18.5. The minimum atomic E-state index is -3.48. The van der Waals surface area contributed by atoms with Crippen molar-refractivity contribution in [3.8, 4) is 0 Å². The van der Waals surface area contributed by atoms with Crippen molar-refractivity contribution < 1.29 is 8.42 Å². The van der Waals surface area contributed by atoms with Gasteiger partial charge in [-0.2, -0.15) is 16.9 Å². The molecule has 8 heteroatoms. The molecule has 2 N–H and O–H groups in total. The third-order valence-electron chi connectivity index (χ3n) is 3.05. The molecule has 0 aliphatic carbocycles. The Morgan fingerprint density at radius 3 is 2.76 bits per heavy atom. The minimum Gasteiger partial charge on any atom is -0.315 e. The molecule has 6 nitrogen and oxygen atoms in total. The quantitative estimate of drug-likeness (QED) is 0.597. The van der Waals surface area contributed by atoms with Crippen molar-refractivity contribution in [3.05, 3.63) is 12.4 Å². The second kappa shape index (κ2) is 9.45. The second-order valence-electron chi connectivity index (χ2n) is 4.87. The maximum atomic E-state index is 12.3. The van der Waals surface area contributed by atoms with Gasteiger partial charge in [0.2, 0.25) is 10.0 Å². The van der Waals surface area contributed by atoms with Crippen LogP contribution >= 0.6 is 11.8 Å². The summed E-state index contributed by atoms with van der Waals surface area (Å²) in [5, 5.41) is 7.37. The Bertz CT molecular complexity index is 502. The van der Waals surface area contributed by atoms with Gasteiger partial charge in [-0.1, -0.05) is 13.8 Å². The lowest BCUT2D eigenvalue weighted by Gasteiger charge is -2.14. The molecule has 1 unspecified atom stereocenters. The van der Waals surface area contributed by atoms with Crippen molar-refractivity contribution in [1.82, 2.24) is 19.8 Å². The van der Waals surface area contributed by atoms with Crippen LogP contribution in [0.3, 0.4) is 0 Å². The highest BCUT2D eigenvalue weighted by Gasteiger charge is 2.20. The molecule has 0 fully saturated rings. The van der Waals surface area contributed by atoms with Crippen LogP contribution in [-0.2, 0) is 16.6 Å². The van der Waals surface area contributed by atoms with Gasteiger partial charge in [0.05, 0.1) is 12.7 Å². The fraction of sp³-hybridized carbons (Fsp3) is 0.769. The van der Waals surface area contributed by atoms with E-state index in [1.165, 1.54) is 6.20 Å². The summed E-state index contributed by atoms with van der Waals surface area (Å²) < 4.78 is 28.9. The number of hydrogen-bond donors (Lipinski definition) is 2. The Morgan fingerprint density at radius 2 is 2.14 bits per heavy atom. The van der Waals surface area contributed by atoms with E-state index in [2.05, 4.69) is 22.1 Å². The number of nitrogens with zero attached hydrogens (tertiary/aromatic N) is 2. The van der Waals surface area contributed by atoms with Crippen LogP contribution in [0, 0.1) is 0 Å². The summed E-state index contributed by atoms with van der Waals surface area (Å²) in [4.78, 5) is 0.234. The van der Waals surface area contributed by atoms with Gasteiger partial charge in [-0.3, -0.25) is 4.68 Å². The van der Waals surface area contributed by atoms with Crippen LogP contribution in [0.25, 0.3) is 0 Å². The molecule has 21 heavy (non-hydrogen) atoms. The van der Waals surface area contributed by atoms with Gasteiger partial charge in [0.25, 0.3) is 0 Å². The van der Waals surface area contributed by atoms with Gasteiger partial charge in [0.1, 0.15) is 4.90 Å². The summed E-state index contributed by atoms with van der Waals surface area (Å²) in [7, 11) is -3.48. The number of hydrogen-bond acceptors (Lipinski definition) is 5. The first-order valence-corrected chi connectivity index (χ1v) is 10.2. The molecule has 0 spiro atoms. The predicted molar refractivity (Wildman–Crippen MR) is 88.2 cm³/mol. The van der Waals surface area contributed by atoms with Gasteiger partial charge in [-0.15, -0.1) is 0 Å². The van der Waals surface area contributed by atoms with Gasteiger partial charge in [0, 0.05) is 24.5 Å². The van der Waals surface area contributed by atoms with Gasteiger partial charge in [-0.25, -0.2) is 13.1 Å². The van der Waals surface area contributed by atoms with Crippen LogP contribution in [0.5, 0.6) is 0 Å². The summed E-state index contributed by atoms with van der Waals surface area (Å²) in [5.74, 6) is 0.769. The van der Waals surface area contributed by atoms with E-state index in [1.807, 2.05) is 13.2 Å². The lowest BCUT2D eigenvalue weighted by atomic mass is 10.3. The second-order valence-corrected chi connectivity index (χ2v) is 7.50. The summed E-state index contributed by atoms with van der Waals surface area (Å²) in [5.41, 5.74) is 0. The van der Waals surface area contributed by atoms with E-state index in [4.69, 9.17) is 0 Å². The van der Waals surface area contributed by atoms with Crippen molar-refractivity contribution in [2.24, 2.45) is 0 Å². The molecule has 0 amide bonds. The molecule has 1 rings (SSSR count). The number of aromatic nitrogens is 2. The van der Waals surface area contributed by atoms with E-state index < -0.39 is 10.0 Å². The highest BCUT2D eigenvalue weighted by Crippen LogP contribution is 2.10. The summed E-state index contributed by atoms with van der Waals surface area (Å²) in [6, 6.07) is -0.0421. The lowest BCUT2D eigenvalue weighted by molar-refractivity contribution is 0.549. The molecule has 1 aromatic rings. The minimum absolute atomic E-state index is 0.0421. The lowest BCUT2D eigenvalue weighted by Crippen LogP contribution is -2.35. The number of rotatable bonds is 11. The Morgan fingerprint density at radius 1 is 1.38 bits per heavy atom. The zero-order valence-corrected chi connectivity index (χ0v) is 14.6. The fourth-order valence-electron chi connectivity index (χ4n) is 1.82. The maximum absolute atomic E-state index is 12.3. The highest BCUT2D eigenvalue weighted by molar-refractivity contribution is 7.98. The summed E-state index contributed by atoms with van der Waals surface area (Å²) in [6.45, 7) is 6.49. The van der Waals surface area contributed by atoms with Gasteiger partial charge >= 0.3 is 0 Å². The maximum Gasteiger partial charge on any atom is 0.243 e. The Labute approximate surface area is 132 Å². The van der Waals surface area contributed by atoms with Crippen molar-refractivity contribution >= 4 is 21.8 Å². The van der Waals surface area contributed by atoms with Gasteiger partial charge in [-0.05, 0) is 25.6 Å². The standard InChI is InChI=1S/C13H26N4O2S2/c1-4-6-14-7-8-17-10-13(9-15-17)21(18,19)16-12(5-2)11-20-3/h9-10,12,14,16H,4-8,11H2,1-3H3. The molecule has 0 radical (unpaired) electrons. The van der Waals surface area contributed by atoms with E-state index in [1.54, 1.807) is 22.6 Å². The molecule has 122 valence electrons. The zero-order chi connectivity index (χ0) is 15.7. The van der Waals surface area contributed by atoms with E-state index >= 15 is 0 Å². The molecule has 1 aromatic heterocycles. The number of thioether (sulfide) groups is 1. The monoisotopic (exact) mass is 334 g/mol. The molecular weight excluding hydrogens is 308 g/mol. The van der Waals surface area contributed by atoms with Crippen molar-refractivity contribution in [1.29, 1.82) is 0 Å². The van der Waals surface area contributed by atoms with E-state index in [0.29, 0.717) is 6.54 Å². The Balaban J connectivity index is 2.61. The third-order valence-corrected chi connectivity index (χ3v) is 5.26. The SMILES string of the molecule is CCCNCCn1cc(S(=O)(=O)NC(CC)CSC)cn1. The Hall–Kier alpha value is -0.570. The highest BCUT2D eigenvalue weighted by atomic mass is 32.2. The van der Waals surface area contributed by atoms with Crippen LogP contribution in [0.2, 0.25) is 0 Å². The van der Waals surface area contributed by atoms with Crippen molar-refractivity contribution in [2.75, 3.05) is 25.1 Å². The van der Waals surface area contributed by atoms with Crippen LogP contribution in [0.4, 0.5) is 0 Å². The summed E-state index contributed by atoms with van der Waals surface area (Å²) in [6.07, 6.45) is 6.82. The van der Waals surface area contributed by atoms with Crippen molar-refractivity contribution in [3.63, 3.8) is 0 Å². The average Bonchev–Trinajstić information content (AvgIpc) is 2.92. The van der Waals surface area contributed by atoms with Crippen LogP contribution in [0.15, 0.2) is 17.3 Å². The number of sulfonamides is 1. The molecule has 1 atom stereocenters. The molecule has 0 aromatic carbocycles. The van der Waals surface area contributed by atoms with Gasteiger partial charge < -0.3 is 5.32 Å². The topological polar surface area (TPSA) is 76.0 Å². The summed E-state index contributed by atoms with van der Waals surface area (Å²) >= 11 is 1.64. The van der Waals surface area contributed by atoms with Crippen LogP contribution in [0.1, 0.15) is 26.7 Å². The first-order valence-electron chi connectivity index (χ1n) is 7.27. The number of nitrogens with one attached hydrogen (secondary N) is 2. The smallest absolute Gasteiger partial charge is 0.243 e.